The largest absolute Gasteiger partial charge is 0.469 e. The minimum absolute atomic E-state index is 0.153. The molecular weight excluding hydrogens is 322 g/mol. The van der Waals surface area contributed by atoms with Gasteiger partial charge in [-0.3, -0.25) is 14.4 Å². The topological polar surface area (TPSA) is 116 Å². The molecule has 0 radical (unpaired) electrons. The Bertz CT molecular complexity index is 415. The van der Waals surface area contributed by atoms with Crippen molar-refractivity contribution < 1.29 is 19.1 Å². The Balaban J connectivity index is 4.71. The quantitative estimate of drug-likeness (QED) is 0.363. The number of nitrogens with zero attached hydrogens (tertiary/aromatic N) is 1. The van der Waals surface area contributed by atoms with Crippen LogP contribution in [-0.4, -0.2) is 48.4 Å². The number of nitrogens with two attached hydrogens (primary N) is 2. The first-order valence-electron chi connectivity index (χ1n) is 9.28. The Morgan fingerprint density at radius 2 is 1.72 bits per heavy atom. The zero-order chi connectivity index (χ0) is 19.2. The van der Waals surface area contributed by atoms with Crippen molar-refractivity contribution in [3.63, 3.8) is 0 Å². The highest BCUT2D eigenvalue weighted by atomic mass is 16.5. The molecule has 4 N–H and O–H groups in total. The van der Waals surface area contributed by atoms with Gasteiger partial charge in [0, 0.05) is 25.4 Å². The summed E-state index contributed by atoms with van der Waals surface area (Å²) in [5.41, 5.74) is 11.4. The normalized spacial score (nSPS) is 13.1. The van der Waals surface area contributed by atoms with Gasteiger partial charge in [-0.05, 0) is 26.2 Å². The third kappa shape index (κ3) is 10.1. The Hall–Kier alpha value is -1.63. The number of carbonyl (C=O) groups excluding carboxylic acids is 3. The molecule has 2 amide bonds. The summed E-state index contributed by atoms with van der Waals surface area (Å²) in [6.07, 6.45) is 6.33. The number of hydrogen-bond acceptors (Lipinski definition) is 5. The van der Waals surface area contributed by atoms with Crippen molar-refractivity contribution in [1.82, 2.24) is 4.90 Å². The van der Waals surface area contributed by atoms with Gasteiger partial charge in [-0.15, -0.1) is 0 Å². The van der Waals surface area contributed by atoms with Gasteiger partial charge in [0.15, 0.2) is 0 Å². The second kappa shape index (κ2) is 13.6. The van der Waals surface area contributed by atoms with E-state index in [9.17, 15) is 14.4 Å². The number of amides is 2. The van der Waals surface area contributed by atoms with Gasteiger partial charge < -0.3 is 21.1 Å². The molecule has 0 bridgehead atoms. The molecule has 7 heteroatoms. The summed E-state index contributed by atoms with van der Waals surface area (Å²) in [4.78, 5) is 36.9. The number of ether oxygens (including phenoxy) is 1. The third-order valence-electron chi connectivity index (χ3n) is 4.33. The van der Waals surface area contributed by atoms with Crippen molar-refractivity contribution in [3.8, 4) is 0 Å². The Labute approximate surface area is 151 Å². The molecule has 0 aliphatic heterocycles. The van der Waals surface area contributed by atoms with Gasteiger partial charge in [0.2, 0.25) is 11.8 Å². The van der Waals surface area contributed by atoms with Crippen LogP contribution < -0.4 is 11.5 Å². The van der Waals surface area contributed by atoms with Crippen molar-refractivity contribution in [3.05, 3.63) is 0 Å². The van der Waals surface area contributed by atoms with Crippen LogP contribution >= 0.6 is 0 Å². The van der Waals surface area contributed by atoms with E-state index in [4.69, 9.17) is 11.5 Å². The van der Waals surface area contributed by atoms with Gasteiger partial charge in [-0.25, -0.2) is 0 Å². The molecule has 0 fully saturated rings. The van der Waals surface area contributed by atoms with E-state index in [-0.39, 0.29) is 30.8 Å². The van der Waals surface area contributed by atoms with Crippen LogP contribution in [0.3, 0.4) is 0 Å². The van der Waals surface area contributed by atoms with Gasteiger partial charge >= 0.3 is 5.97 Å². The first kappa shape index (κ1) is 23.4. The fourth-order valence-electron chi connectivity index (χ4n) is 2.91. The van der Waals surface area contributed by atoms with Crippen LogP contribution in [0.2, 0.25) is 0 Å². The first-order chi connectivity index (χ1) is 11.9. The molecule has 2 atom stereocenters. The fraction of sp³-hybridized carbons (Fsp3) is 0.833. The Kier molecular flexibility index (Phi) is 12.7. The number of unbranched alkanes of at least 4 members (excludes halogenated alkanes) is 3. The second-order valence-corrected chi connectivity index (χ2v) is 6.37. The molecule has 0 aliphatic carbocycles. The summed E-state index contributed by atoms with van der Waals surface area (Å²) >= 11 is 0. The SMILES string of the molecule is CCCCCC[C@@H](CC(N)=O)N(CC)C(=O)[C@@H](N)CCCC(=O)OC. The third-order valence-corrected chi connectivity index (χ3v) is 4.33. The molecule has 0 unspecified atom stereocenters. The van der Waals surface area contributed by atoms with E-state index in [0.29, 0.717) is 19.4 Å². The van der Waals surface area contributed by atoms with Crippen molar-refractivity contribution >= 4 is 17.8 Å². The summed E-state index contributed by atoms with van der Waals surface area (Å²) in [6, 6.07) is -0.894. The molecule has 0 spiro atoms. The van der Waals surface area contributed by atoms with Gasteiger partial charge in [0.25, 0.3) is 0 Å². The molecule has 0 aromatic heterocycles. The smallest absolute Gasteiger partial charge is 0.305 e. The van der Waals surface area contributed by atoms with Crippen LogP contribution in [-0.2, 0) is 19.1 Å². The van der Waals surface area contributed by atoms with Crippen LogP contribution in [0.1, 0.15) is 71.6 Å². The van der Waals surface area contributed by atoms with Crippen molar-refractivity contribution in [2.75, 3.05) is 13.7 Å². The zero-order valence-electron chi connectivity index (χ0n) is 16.0. The van der Waals surface area contributed by atoms with Crippen molar-refractivity contribution in [1.29, 1.82) is 0 Å². The maximum atomic E-state index is 12.7. The van der Waals surface area contributed by atoms with Crippen LogP contribution in [0, 0.1) is 0 Å². The predicted octanol–water partition coefficient (Wildman–Crippen LogP) is 1.72. The summed E-state index contributed by atoms with van der Waals surface area (Å²) in [6.45, 7) is 4.49. The average molecular weight is 357 g/mol. The lowest BCUT2D eigenvalue weighted by molar-refractivity contribution is -0.141. The summed E-state index contributed by atoms with van der Waals surface area (Å²) in [5, 5.41) is 0. The number of esters is 1. The monoisotopic (exact) mass is 357 g/mol. The number of likely N-dealkylation sites (N-methyl/N-ethyl adjacent to an activating group) is 1. The highest BCUT2D eigenvalue weighted by Crippen LogP contribution is 2.16. The molecular formula is C18H35N3O4. The molecule has 0 aromatic carbocycles. The van der Waals surface area contributed by atoms with E-state index in [1.54, 1.807) is 4.90 Å². The molecule has 0 saturated carbocycles. The van der Waals surface area contributed by atoms with Gasteiger partial charge in [-0.1, -0.05) is 32.6 Å². The van der Waals surface area contributed by atoms with Crippen LogP contribution in [0.5, 0.6) is 0 Å². The van der Waals surface area contributed by atoms with Crippen LogP contribution in [0.25, 0.3) is 0 Å². The molecule has 0 aliphatic rings. The molecule has 0 heterocycles. The summed E-state index contributed by atoms with van der Waals surface area (Å²) in [5.74, 6) is -0.908. The van der Waals surface area contributed by atoms with Crippen LogP contribution in [0.4, 0.5) is 0 Å². The molecule has 25 heavy (non-hydrogen) atoms. The summed E-state index contributed by atoms with van der Waals surface area (Å²) < 4.78 is 4.58. The number of rotatable bonds is 14. The molecule has 0 rings (SSSR count). The number of methoxy groups -OCH3 is 1. The molecule has 0 saturated heterocycles. The van der Waals surface area contributed by atoms with E-state index in [1.165, 1.54) is 7.11 Å². The minimum atomic E-state index is -0.685. The summed E-state index contributed by atoms with van der Waals surface area (Å²) in [7, 11) is 1.33. The Morgan fingerprint density at radius 1 is 1.04 bits per heavy atom. The lowest BCUT2D eigenvalue weighted by Gasteiger charge is -2.32. The molecule has 7 nitrogen and oxygen atoms in total. The maximum absolute atomic E-state index is 12.7. The number of primary amides is 1. The van der Waals surface area contributed by atoms with E-state index < -0.39 is 11.9 Å². The fourth-order valence-corrected chi connectivity index (χ4v) is 2.91. The van der Waals surface area contributed by atoms with E-state index in [2.05, 4.69) is 11.7 Å². The minimum Gasteiger partial charge on any atom is -0.469 e. The first-order valence-corrected chi connectivity index (χ1v) is 9.28. The molecule has 0 aromatic rings. The second-order valence-electron chi connectivity index (χ2n) is 6.37. The standard InChI is InChI=1S/C18H35N3O4/c1-4-6-7-8-10-14(13-16(20)22)21(5-2)18(24)15(19)11-9-12-17(23)25-3/h14-15H,4-13,19H2,1-3H3,(H2,20,22)/t14-,15-/m0/s1. The van der Waals surface area contributed by atoms with Gasteiger partial charge in [0.05, 0.1) is 13.2 Å². The van der Waals surface area contributed by atoms with Crippen molar-refractivity contribution in [2.24, 2.45) is 11.5 Å². The van der Waals surface area contributed by atoms with E-state index >= 15 is 0 Å². The van der Waals surface area contributed by atoms with E-state index in [0.717, 1.165) is 32.1 Å². The van der Waals surface area contributed by atoms with Crippen LogP contribution in [0.15, 0.2) is 0 Å². The maximum Gasteiger partial charge on any atom is 0.305 e. The van der Waals surface area contributed by atoms with Gasteiger partial charge in [0.1, 0.15) is 0 Å². The lowest BCUT2D eigenvalue weighted by Crippen LogP contribution is -2.49. The highest BCUT2D eigenvalue weighted by molar-refractivity contribution is 5.83. The van der Waals surface area contributed by atoms with Crippen molar-refractivity contribution in [2.45, 2.75) is 83.7 Å². The lowest BCUT2D eigenvalue weighted by atomic mass is 10.0. The molecule has 146 valence electrons. The number of hydrogen-bond donors (Lipinski definition) is 2. The van der Waals surface area contributed by atoms with E-state index in [1.807, 2.05) is 6.92 Å². The highest BCUT2D eigenvalue weighted by Gasteiger charge is 2.27. The average Bonchev–Trinajstić information content (AvgIpc) is 2.58. The van der Waals surface area contributed by atoms with Gasteiger partial charge in [-0.2, -0.15) is 0 Å². The number of carbonyl (C=O) groups is 3. The zero-order valence-corrected chi connectivity index (χ0v) is 16.0. The Morgan fingerprint density at radius 3 is 2.24 bits per heavy atom. The predicted molar refractivity (Wildman–Crippen MR) is 97.6 cm³/mol.